The average Bonchev–Trinajstić information content (AvgIpc) is 3.39. The number of rotatable bonds is 10. The molecule has 0 fully saturated rings. The topological polar surface area (TPSA) is 88.4 Å². The van der Waals surface area contributed by atoms with Crippen LogP contribution in [0, 0.1) is 0 Å². The zero-order chi connectivity index (χ0) is 31.3. The van der Waals surface area contributed by atoms with E-state index in [4.69, 9.17) is 18.9 Å². The highest BCUT2D eigenvalue weighted by Crippen LogP contribution is 2.35. The van der Waals surface area contributed by atoms with Crippen molar-refractivity contribution in [3.8, 4) is 17.2 Å². The molecule has 4 aromatic carbocycles. The van der Waals surface area contributed by atoms with Gasteiger partial charge in [0, 0.05) is 6.20 Å². The van der Waals surface area contributed by atoms with Gasteiger partial charge in [0.15, 0.2) is 16.3 Å². The second kappa shape index (κ2) is 13.2. The second-order valence-electron chi connectivity index (χ2n) is 10.2. The molecule has 5 aromatic rings. The number of carbonyl (C=O) groups is 1. The van der Waals surface area contributed by atoms with Crippen molar-refractivity contribution in [3.63, 3.8) is 0 Å². The third-order valence-corrected chi connectivity index (χ3v) is 8.46. The molecular weight excluding hydrogens is 588 g/mol. The SMILES string of the molecule is CCOc1ccc([C@H]2C(C(=O)OC)=CN=c3s/c(=C\c4ccc(OCc5cccc6ccccc56)cc4)c(=O)n32)cc1OCC. The number of thiazole rings is 1. The molecule has 0 amide bonds. The van der Waals surface area contributed by atoms with Gasteiger partial charge in [0.05, 0.1) is 36.5 Å². The number of ether oxygens (including phenoxy) is 4. The number of nitrogens with zero attached hydrogens (tertiary/aromatic N) is 2. The van der Waals surface area contributed by atoms with Gasteiger partial charge in [-0.25, -0.2) is 9.79 Å². The van der Waals surface area contributed by atoms with Crippen molar-refractivity contribution in [2.45, 2.75) is 26.5 Å². The zero-order valence-electron chi connectivity index (χ0n) is 25.2. The summed E-state index contributed by atoms with van der Waals surface area (Å²) >= 11 is 1.26. The maximum absolute atomic E-state index is 13.9. The molecule has 45 heavy (non-hydrogen) atoms. The van der Waals surface area contributed by atoms with Crippen LogP contribution in [0.3, 0.4) is 0 Å². The molecule has 0 bridgehead atoms. The van der Waals surface area contributed by atoms with E-state index in [1.807, 2.05) is 68.5 Å². The number of carbonyl (C=O) groups excluding carboxylic acids is 1. The van der Waals surface area contributed by atoms with E-state index in [9.17, 15) is 9.59 Å². The van der Waals surface area contributed by atoms with E-state index in [1.165, 1.54) is 40.0 Å². The average molecular weight is 621 g/mol. The van der Waals surface area contributed by atoms with Crippen LogP contribution in [0.25, 0.3) is 16.8 Å². The van der Waals surface area contributed by atoms with Crippen LogP contribution in [0.15, 0.2) is 106 Å². The minimum Gasteiger partial charge on any atom is -0.490 e. The van der Waals surface area contributed by atoms with Crippen LogP contribution in [0.4, 0.5) is 0 Å². The van der Waals surface area contributed by atoms with E-state index in [0.29, 0.717) is 46.2 Å². The molecule has 0 saturated heterocycles. The summed E-state index contributed by atoms with van der Waals surface area (Å²) in [5.74, 6) is 1.28. The lowest BCUT2D eigenvalue weighted by Gasteiger charge is -2.23. The first-order valence-electron chi connectivity index (χ1n) is 14.7. The van der Waals surface area contributed by atoms with Gasteiger partial charge in [0.2, 0.25) is 0 Å². The van der Waals surface area contributed by atoms with Crippen molar-refractivity contribution in [2.24, 2.45) is 4.99 Å². The Balaban J connectivity index is 1.31. The van der Waals surface area contributed by atoms with Gasteiger partial charge < -0.3 is 18.9 Å². The van der Waals surface area contributed by atoms with Gasteiger partial charge >= 0.3 is 5.97 Å². The molecule has 1 aliphatic rings. The predicted octanol–water partition coefficient (Wildman–Crippen LogP) is 5.55. The number of hydrogen-bond donors (Lipinski definition) is 0. The van der Waals surface area contributed by atoms with Gasteiger partial charge in [0.25, 0.3) is 5.56 Å². The van der Waals surface area contributed by atoms with Gasteiger partial charge in [0.1, 0.15) is 12.4 Å². The Hall–Kier alpha value is -5.15. The molecule has 8 nitrogen and oxygen atoms in total. The molecule has 1 aliphatic heterocycles. The van der Waals surface area contributed by atoms with Gasteiger partial charge in [-0.3, -0.25) is 9.36 Å². The smallest absolute Gasteiger partial charge is 0.337 e. The minimum atomic E-state index is -0.754. The molecule has 1 atom stereocenters. The maximum Gasteiger partial charge on any atom is 0.337 e. The molecule has 0 saturated carbocycles. The third-order valence-electron chi connectivity index (χ3n) is 7.46. The first kappa shape index (κ1) is 29.9. The first-order chi connectivity index (χ1) is 22.0. The van der Waals surface area contributed by atoms with Crippen molar-refractivity contribution < 1.29 is 23.7 Å². The summed E-state index contributed by atoms with van der Waals surface area (Å²) in [6.07, 6.45) is 3.30. The lowest BCUT2D eigenvalue weighted by Crippen LogP contribution is -2.39. The van der Waals surface area contributed by atoms with Crippen LogP contribution in [-0.2, 0) is 16.1 Å². The number of fused-ring (bicyclic) bond motifs is 2. The Morgan fingerprint density at radius 2 is 1.67 bits per heavy atom. The molecule has 0 radical (unpaired) electrons. The number of methoxy groups -OCH3 is 1. The molecular formula is C36H32N2O6S. The van der Waals surface area contributed by atoms with Gasteiger partial charge in [-0.2, -0.15) is 0 Å². The largest absolute Gasteiger partial charge is 0.490 e. The van der Waals surface area contributed by atoms with Crippen LogP contribution >= 0.6 is 11.3 Å². The van der Waals surface area contributed by atoms with E-state index >= 15 is 0 Å². The summed E-state index contributed by atoms with van der Waals surface area (Å²) in [5.41, 5.74) is 2.60. The summed E-state index contributed by atoms with van der Waals surface area (Å²) < 4.78 is 24.7. The van der Waals surface area contributed by atoms with Crippen molar-refractivity contribution in [1.29, 1.82) is 0 Å². The van der Waals surface area contributed by atoms with Gasteiger partial charge in [-0.1, -0.05) is 72.0 Å². The Labute approximate surface area is 264 Å². The van der Waals surface area contributed by atoms with Crippen LogP contribution < -0.4 is 29.1 Å². The van der Waals surface area contributed by atoms with E-state index < -0.39 is 12.0 Å². The summed E-state index contributed by atoms with van der Waals surface area (Å²) in [5, 5.41) is 2.34. The number of hydrogen-bond acceptors (Lipinski definition) is 8. The van der Waals surface area contributed by atoms with E-state index in [-0.39, 0.29) is 11.1 Å². The standard InChI is InChI=1S/C36H32N2O6S/c1-4-42-30-18-15-25(20-31(30)43-5-2)33-29(35(40)41-3)21-37-36-38(33)34(39)32(45-36)19-23-13-16-27(17-14-23)44-22-26-11-8-10-24-9-6-7-12-28(24)26/h6-21,33H,4-5,22H2,1-3H3/b32-19-/t33-/m0/s1. The quantitative estimate of drug-likeness (QED) is 0.190. The summed E-state index contributed by atoms with van der Waals surface area (Å²) in [7, 11) is 1.31. The Morgan fingerprint density at radius 3 is 2.44 bits per heavy atom. The molecule has 1 aromatic heterocycles. The van der Waals surface area contributed by atoms with E-state index in [2.05, 4.69) is 29.3 Å². The number of benzene rings is 4. The van der Waals surface area contributed by atoms with Crippen molar-refractivity contribution >= 4 is 34.2 Å². The van der Waals surface area contributed by atoms with Crippen molar-refractivity contribution in [3.05, 3.63) is 133 Å². The molecule has 228 valence electrons. The molecule has 9 heteroatoms. The fourth-order valence-electron chi connectivity index (χ4n) is 5.38. The second-order valence-corrected chi connectivity index (χ2v) is 11.3. The fourth-order valence-corrected chi connectivity index (χ4v) is 6.35. The first-order valence-corrected chi connectivity index (χ1v) is 15.5. The molecule has 2 heterocycles. The normalized spacial score (nSPS) is 14.3. The monoisotopic (exact) mass is 620 g/mol. The Kier molecular flexibility index (Phi) is 8.79. The molecule has 0 aliphatic carbocycles. The molecule has 6 rings (SSSR count). The van der Waals surface area contributed by atoms with Crippen molar-refractivity contribution in [1.82, 2.24) is 4.57 Å². The van der Waals surface area contributed by atoms with Crippen molar-refractivity contribution in [2.75, 3.05) is 20.3 Å². The Bertz CT molecular complexity index is 2070. The minimum absolute atomic E-state index is 0.246. The third kappa shape index (κ3) is 6.12. The lowest BCUT2D eigenvalue weighted by atomic mass is 9.97. The highest BCUT2D eigenvalue weighted by molar-refractivity contribution is 7.07. The van der Waals surface area contributed by atoms with Crippen LogP contribution in [0.1, 0.15) is 36.6 Å². The summed E-state index contributed by atoms with van der Waals surface area (Å²) in [4.78, 5) is 31.7. The number of esters is 1. The van der Waals surface area contributed by atoms with Gasteiger partial charge in [-0.15, -0.1) is 0 Å². The molecule has 0 spiro atoms. The highest BCUT2D eigenvalue weighted by Gasteiger charge is 2.31. The summed E-state index contributed by atoms with van der Waals surface area (Å²) in [6.45, 7) is 5.12. The predicted molar refractivity (Wildman–Crippen MR) is 175 cm³/mol. The van der Waals surface area contributed by atoms with Gasteiger partial charge in [-0.05, 0) is 71.7 Å². The number of aromatic nitrogens is 1. The van der Waals surface area contributed by atoms with Crippen LogP contribution in [0.5, 0.6) is 17.2 Å². The lowest BCUT2D eigenvalue weighted by molar-refractivity contribution is -0.136. The molecule has 0 N–H and O–H groups in total. The zero-order valence-corrected chi connectivity index (χ0v) is 26.0. The van der Waals surface area contributed by atoms with Crippen LogP contribution in [0.2, 0.25) is 0 Å². The Morgan fingerprint density at radius 1 is 0.911 bits per heavy atom. The summed E-state index contributed by atoms with van der Waals surface area (Å²) in [6, 6.07) is 26.7. The molecule has 0 unspecified atom stereocenters. The van der Waals surface area contributed by atoms with E-state index in [1.54, 1.807) is 12.1 Å². The van der Waals surface area contributed by atoms with E-state index in [0.717, 1.165) is 16.9 Å². The fraction of sp³-hybridized carbons (Fsp3) is 0.194. The van der Waals surface area contributed by atoms with Crippen LogP contribution in [-0.4, -0.2) is 30.9 Å². The highest BCUT2D eigenvalue weighted by atomic mass is 32.1. The maximum atomic E-state index is 13.9.